The summed E-state index contributed by atoms with van der Waals surface area (Å²) in [4.78, 5) is 8.03. The van der Waals surface area contributed by atoms with Crippen molar-refractivity contribution in [2.45, 2.75) is 26.9 Å². The van der Waals surface area contributed by atoms with Gasteiger partial charge in [0.1, 0.15) is 6.33 Å². The van der Waals surface area contributed by atoms with Crippen LogP contribution in [0.15, 0.2) is 6.33 Å². The fourth-order valence-electron chi connectivity index (χ4n) is 1.04. The van der Waals surface area contributed by atoms with Crippen LogP contribution in [0.5, 0.6) is 0 Å². The Morgan fingerprint density at radius 1 is 1.36 bits per heavy atom. The van der Waals surface area contributed by atoms with Gasteiger partial charge in [-0.1, -0.05) is 6.92 Å². The van der Waals surface area contributed by atoms with E-state index in [1.807, 2.05) is 13.8 Å². The molecule has 60 valence electrons. The number of aryl methyl sites for hydroxylation is 1. The van der Waals surface area contributed by atoms with Gasteiger partial charge >= 0.3 is 0 Å². The van der Waals surface area contributed by atoms with Gasteiger partial charge in [0, 0.05) is 5.69 Å². The van der Waals surface area contributed by atoms with Crippen LogP contribution >= 0.6 is 0 Å². The van der Waals surface area contributed by atoms with Gasteiger partial charge in [-0.25, -0.2) is 9.97 Å². The van der Waals surface area contributed by atoms with Crippen LogP contribution in [-0.4, -0.2) is 15.1 Å². The van der Waals surface area contributed by atoms with Crippen LogP contribution < -0.4 is 0 Å². The summed E-state index contributed by atoms with van der Waals surface area (Å²) >= 11 is 0. The van der Waals surface area contributed by atoms with Gasteiger partial charge in [0.15, 0.2) is 0 Å². The lowest BCUT2D eigenvalue weighted by Crippen LogP contribution is -2.00. The molecule has 3 heteroatoms. The summed E-state index contributed by atoms with van der Waals surface area (Å²) in [5.41, 5.74) is 2.76. The van der Waals surface area contributed by atoms with Crippen LogP contribution in [-0.2, 0) is 13.0 Å². The van der Waals surface area contributed by atoms with E-state index in [9.17, 15) is 0 Å². The second kappa shape index (κ2) is 3.44. The molecule has 0 fully saturated rings. The van der Waals surface area contributed by atoms with E-state index in [1.165, 1.54) is 6.33 Å². The van der Waals surface area contributed by atoms with Crippen molar-refractivity contribution in [3.05, 3.63) is 23.3 Å². The van der Waals surface area contributed by atoms with Crippen LogP contribution in [0.3, 0.4) is 0 Å². The minimum atomic E-state index is 0.00134. The van der Waals surface area contributed by atoms with Crippen LogP contribution in [0.4, 0.5) is 0 Å². The van der Waals surface area contributed by atoms with Gasteiger partial charge in [-0.2, -0.15) is 0 Å². The highest BCUT2D eigenvalue weighted by Crippen LogP contribution is 2.08. The molecule has 0 aliphatic rings. The Labute approximate surface area is 66.1 Å². The molecular formula is C8H12N2O. The number of aromatic nitrogens is 2. The van der Waals surface area contributed by atoms with E-state index in [4.69, 9.17) is 5.11 Å². The second-order valence-electron chi connectivity index (χ2n) is 2.40. The predicted molar refractivity (Wildman–Crippen MR) is 42.1 cm³/mol. The van der Waals surface area contributed by atoms with E-state index in [1.54, 1.807) is 0 Å². The Morgan fingerprint density at radius 2 is 2.00 bits per heavy atom. The van der Waals surface area contributed by atoms with Crippen LogP contribution in [0.1, 0.15) is 23.9 Å². The third-order valence-corrected chi connectivity index (χ3v) is 1.78. The third-order valence-electron chi connectivity index (χ3n) is 1.78. The van der Waals surface area contributed by atoms with Crippen molar-refractivity contribution in [1.82, 2.24) is 9.97 Å². The first-order chi connectivity index (χ1) is 5.29. The minimum Gasteiger partial charge on any atom is -0.390 e. The number of hydrogen-bond donors (Lipinski definition) is 1. The molecule has 1 heterocycles. The molecule has 1 N–H and O–H groups in total. The van der Waals surface area contributed by atoms with E-state index < -0.39 is 0 Å². The maximum Gasteiger partial charge on any atom is 0.116 e. The normalized spacial score (nSPS) is 10.1. The van der Waals surface area contributed by atoms with Gasteiger partial charge < -0.3 is 5.11 Å². The molecule has 0 aromatic carbocycles. The van der Waals surface area contributed by atoms with Gasteiger partial charge in [0.2, 0.25) is 0 Å². The average Bonchev–Trinajstić information content (AvgIpc) is 2.05. The van der Waals surface area contributed by atoms with Crippen LogP contribution in [0.2, 0.25) is 0 Å². The van der Waals surface area contributed by atoms with Crippen LogP contribution in [0.25, 0.3) is 0 Å². The smallest absolute Gasteiger partial charge is 0.116 e. The molecule has 11 heavy (non-hydrogen) atoms. The minimum absolute atomic E-state index is 0.00134. The SMILES string of the molecule is CCc1ncnc(CO)c1C. The first kappa shape index (κ1) is 8.14. The van der Waals surface area contributed by atoms with Crippen molar-refractivity contribution in [2.24, 2.45) is 0 Å². The summed E-state index contributed by atoms with van der Waals surface area (Å²) in [6, 6.07) is 0. The molecule has 0 aliphatic carbocycles. The van der Waals surface area contributed by atoms with E-state index >= 15 is 0 Å². The lowest BCUT2D eigenvalue weighted by molar-refractivity contribution is 0.275. The number of rotatable bonds is 2. The first-order valence-corrected chi connectivity index (χ1v) is 3.69. The largest absolute Gasteiger partial charge is 0.390 e. The maximum atomic E-state index is 8.85. The number of hydrogen-bond acceptors (Lipinski definition) is 3. The summed E-state index contributed by atoms with van der Waals surface area (Å²) in [6.45, 7) is 3.97. The predicted octanol–water partition coefficient (Wildman–Crippen LogP) is 0.840. The summed E-state index contributed by atoms with van der Waals surface area (Å²) in [7, 11) is 0. The number of aliphatic hydroxyl groups excluding tert-OH is 1. The molecular weight excluding hydrogens is 140 g/mol. The molecule has 0 unspecified atom stereocenters. The van der Waals surface area contributed by atoms with Crippen molar-refractivity contribution in [1.29, 1.82) is 0 Å². The summed E-state index contributed by atoms with van der Waals surface area (Å²) in [5.74, 6) is 0. The van der Waals surface area contributed by atoms with E-state index in [0.717, 1.165) is 23.4 Å². The highest BCUT2D eigenvalue weighted by molar-refractivity contribution is 5.21. The molecule has 0 saturated heterocycles. The second-order valence-corrected chi connectivity index (χ2v) is 2.40. The standard InChI is InChI=1S/C8H12N2O/c1-3-7-6(2)8(4-11)10-5-9-7/h5,11H,3-4H2,1-2H3. The Balaban J connectivity index is 3.10. The third kappa shape index (κ3) is 1.54. The molecule has 1 aromatic heterocycles. The van der Waals surface area contributed by atoms with Gasteiger partial charge in [0.05, 0.1) is 12.3 Å². The number of aliphatic hydroxyl groups is 1. The molecule has 1 rings (SSSR count). The maximum absolute atomic E-state index is 8.85. The van der Waals surface area contributed by atoms with Crippen molar-refractivity contribution >= 4 is 0 Å². The van der Waals surface area contributed by atoms with E-state index in [-0.39, 0.29) is 6.61 Å². The van der Waals surface area contributed by atoms with E-state index in [2.05, 4.69) is 9.97 Å². The van der Waals surface area contributed by atoms with E-state index in [0.29, 0.717) is 0 Å². The highest BCUT2D eigenvalue weighted by Gasteiger charge is 2.02. The molecule has 0 atom stereocenters. The lowest BCUT2D eigenvalue weighted by atomic mass is 10.1. The quantitative estimate of drug-likeness (QED) is 0.683. The fraction of sp³-hybridized carbons (Fsp3) is 0.500. The molecule has 0 amide bonds. The topological polar surface area (TPSA) is 46.0 Å². The zero-order chi connectivity index (χ0) is 8.27. The van der Waals surface area contributed by atoms with Crippen molar-refractivity contribution < 1.29 is 5.11 Å². The van der Waals surface area contributed by atoms with Crippen LogP contribution in [0, 0.1) is 6.92 Å². The van der Waals surface area contributed by atoms with Crippen molar-refractivity contribution in [2.75, 3.05) is 0 Å². The molecule has 0 saturated carbocycles. The van der Waals surface area contributed by atoms with Crippen molar-refractivity contribution in [3.63, 3.8) is 0 Å². The molecule has 1 aromatic rings. The zero-order valence-corrected chi connectivity index (χ0v) is 6.83. The van der Waals surface area contributed by atoms with Gasteiger partial charge in [-0.15, -0.1) is 0 Å². The van der Waals surface area contributed by atoms with Gasteiger partial charge in [-0.05, 0) is 18.9 Å². The summed E-state index contributed by atoms with van der Waals surface area (Å²) < 4.78 is 0. The zero-order valence-electron chi connectivity index (χ0n) is 6.83. The summed E-state index contributed by atoms with van der Waals surface area (Å²) in [6.07, 6.45) is 2.39. The molecule has 0 spiro atoms. The molecule has 3 nitrogen and oxygen atoms in total. The summed E-state index contributed by atoms with van der Waals surface area (Å²) in [5, 5.41) is 8.85. The molecule has 0 aliphatic heterocycles. The Morgan fingerprint density at radius 3 is 2.55 bits per heavy atom. The van der Waals surface area contributed by atoms with Gasteiger partial charge in [0.25, 0.3) is 0 Å². The molecule has 0 bridgehead atoms. The Kier molecular flexibility index (Phi) is 2.54. The lowest BCUT2D eigenvalue weighted by Gasteiger charge is -2.04. The Hall–Kier alpha value is -0.960. The monoisotopic (exact) mass is 152 g/mol. The number of nitrogens with zero attached hydrogens (tertiary/aromatic N) is 2. The molecule has 0 radical (unpaired) electrons. The Bertz CT molecular complexity index is 226. The first-order valence-electron chi connectivity index (χ1n) is 3.69. The highest BCUT2D eigenvalue weighted by atomic mass is 16.3. The fourth-order valence-corrected chi connectivity index (χ4v) is 1.04. The average molecular weight is 152 g/mol. The van der Waals surface area contributed by atoms with Crippen molar-refractivity contribution in [3.8, 4) is 0 Å². The van der Waals surface area contributed by atoms with Gasteiger partial charge in [-0.3, -0.25) is 0 Å².